The summed E-state index contributed by atoms with van der Waals surface area (Å²) in [6, 6.07) is 9.05. The van der Waals surface area contributed by atoms with Gasteiger partial charge in [-0.25, -0.2) is 0 Å². The van der Waals surface area contributed by atoms with Crippen LogP contribution >= 0.6 is 0 Å². The van der Waals surface area contributed by atoms with Crippen LogP contribution in [0.2, 0.25) is 0 Å². The highest BCUT2D eigenvalue weighted by Gasteiger charge is 2.54. The maximum absolute atomic E-state index is 11.6. The van der Waals surface area contributed by atoms with Crippen molar-refractivity contribution in [1.29, 1.82) is 0 Å². The number of rotatable bonds is 4. The van der Waals surface area contributed by atoms with E-state index in [-0.39, 0.29) is 17.6 Å². The molecule has 2 aliphatic heterocycles. The predicted octanol–water partition coefficient (Wildman–Crippen LogP) is 2.95. The van der Waals surface area contributed by atoms with Gasteiger partial charge in [0.05, 0.1) is 18.3 Å². The topological polar surface area (TPSA) is 44.5 Å². The van der Waals surface area contributed by atoms with Crippen LogP contribution in [0.5, 0.6) is 0 Å². The number of hydrogen-bond donors (Lipinski definition) is 1. The van der Waals surface area contributed by atoms with E-state index in [1.807, 2.05) is 10.9 Å². The Morgan fingerprint density at radius 1 is 1.11 bits per heavy atom. The lowest BCUT2D eigenvalue weighted by molar-refractivity contribution is -0.0104. The fourth-order valence-corrected chi connectivity index (χ4v) is 5.85. The van der Waals surface area contributed by atoms with Crippen molar-refractivity contribution >= 4 is 0 Å². The first kappa shape index (κ1) is 18.3. The second kappa shape index (κ2) is 7.29. The highest BCUT2D eigenvalue weighted by molar-refractivity contribution is 5.45. The van der Waals surface area contributed by atoms with Crippen LogP contribution in [-0.2, 0) is 18.5 Å². The first-order valence-corrected chi connectivity index (χ1v) is 11.0. The Kier molecular flexibility index (Phi) is 4.77. The number of fused-ring (bicyclic) bond motifs is 2. The van der Waals surface area contributed by atoms with Gasteiger partial charge in [0, 0.05) is 30.3 Å². The summed E-state index contributed by atoms with van der Waals surface area (Å²) < 4.78 is 2.00. The van der Waals surface area contributed by atoms with Crippen molar-refractivity contribution in [2.45, 2.75) is 63.3 Å². The normalized spacial score (nSPS) is 27.5. The number of benzene rings is 1. The second-order valence-corrected chi connectivity index (χ2v) is 8.86. The molecule has 0 unspecified atom stereocenters. The zero-order chi connectivity index (χ0) is 19.1. The summed E-state index contributed by atoms with van der Waals surface area (Å²) in [4.78, 5) is 5.06. The summed E-state index contributed by atoms with van der Waals surface area (Å²) in [5, 5.41) is 16.0. The molecule has 0 amide bonds. The summed E-state index contributed by atoms with van der Waals surface area (Å²) in [7, 11) is 0. The van der Waals surface area contributed by atoms with Crippen LogP contribution in [0.1, 0.15) is 55.3 Å². The number of nitrogens with zero attached hydrogens (tertiary/aromatic N) is 4. The number of aromatic nitrogens is 2. The van der Waals surface area contributed by atoms with Crippen molar-refractivity contribution < 1.29 is 5.11 Å². The molecule has 5 nitrogen and oxygen atoms in total. The molecule has 1 aromatic heterocycles. The van der Waals surface area contributed by atoms with Gasteiger partial charge in [-0.1, -0.05) is 24.3 Å². The zero-order valence-corrected chi connectivity index (χ0v) is 16.9. The van der Waals surface area contributed by atoms with Gasteiger partial charge in [0.1, 0.15) is 0 Å². The van der Waals surface area contributed by atoms with Gasteiger partial charge in [0.25, 0.3) is 0 Å². The van der Waals surface area contributed by atoms with Crippen LogP contribution in [0.4, 0.5) is 0 Å². The molecule has 2 aromatic rings. The lowest BCUT2D eigenvalue weighted by atomic mass is 9.72. The minimum Gasteiger partial charge on any atom is -0.390 e. The van der Waals surface area contributed by atoms with Gasteiger partial charge in [-0.15, -0.1) is 0 Å². The maximum Gasteiger partial charge on any atom is 0.0834 e. The third kappa shape index (κ3) is 2.92. The molecular weight excluding hydrogens is 348 g/mol. The number of piperidine rings is 1. The quantitative estimate of drug-likeness (QED) is 0.886. The van der Waals surface area contributed by atoms with Gasteiger partial charge in [0.15, 0.2) is 0 Å². The lowest BCUT2D eigenvalue weighted by Gasteiger charge is -2.43. The molecule has 2 atom stereocenters. The van der Waals surface area contributed by atoms with Crippen molar-refractivity contribution in [3.63, 3.8) is 0 Å². The Labute approximate surface area is 168 Å². The first-order chi connectivity index (χ1) is 13.7. The molecule has 5 heteroatoms. The van der Waals surface area contributed by atoms with Gasteiger partial charge >= 0.3 is 0 Å². The predicted molar refractivity (Wildman–Crippen MR) is 110 cm³/mol. The van der Waals surface area contributed by atoms with Gasteiger partial charge in [-0.05, 0) is 69.9 Å². The SMILES string of the molecule is CCn1cc(CN2CCC3(CC2)c2ccccc2[C@@H](N2CCCC2)[C@@H]3O)cn1. The molecule has 150 valence electrons. The standard InChI is InChI=1S/C23H32N4O/c1-2-27-17-18(15-24-27)16-25-13-9-23(10-14-25)20-8-4-3-7-19(20)21(22(23)28)26-11-5-6-12-26/h3-4,7-8,15,17,21-22,28H,2,5-6,9-14,16H2,1H3/t21-,22+/m1/s1. The second-order valence-electron chi connectivity index (χ2n) is 8.86. The number of aliphatic hydroxyl groups is 1. The van der Waals surface area contributed by atoms with Crippen molar-refractivity contribution in [2.75, 3.05) is 26.2 Å². The molecule has 1 N–H and O–H groups in total. The average molecular weight is 381 g/mol. The van der Waals surface area contributed by atoms with Crippen molar-refractivity contribution in [3.05, 3.63) is 53.3 Å². The lowest BCUT2D eigenvalue weighted by Crippen LogP contribution is -2.49. The summed E-state index contributed by atoms with van der Waals surface area (Å²) in [6.45, 7) is 8.33. The average Bonchev–Trinajstić information content (AvgIpc) is 3.45. The van der Waals surface area contributed by atoms with Crippen LogP contribution in [0.25, 0.3) is 0 Å². The maximum atomic E-state index is 11.6. The first-order valence-electron chi connectivity index (χ1n) is 11.0. The van der Waals surface area contributed by atoms with Gasteiger partial charge in [-0.2, -0.15) is 5.10 Å². The van der Waals surface area contributed by atoms with E-state index in [0.717, 1.165) is 52.1 Å². The molecule has 1 aliphatic carbocycles. The zero-order valence-electron chi connectivity index (χ0n) is 16.9. The van der Waals surface area contributed by atoms with Crippen LogP contribution in [-0.4, -0.2) is 57.0 Å². The van der Waals surface area contributed by atoms with Crippen LogP contribution in [0.15, 0.2) is 36.7 Å². The van der Waals surface area contributed by atoms with E-state index in [0.29, 0.717) is 0 Å². The van der Waals surface area contributed by atoms with Crippen molar-refractivity contribution in [1.82, 2.24) is 19.6 Å². The smallest absolute Gasteiger partial charge is 0.0834 e. The number of hydrogen-bond acceptors (Lipinski definition) is 4. The van der Waals surface area contributed by atoms with Gasteiger partial charge in [0.2, 0.25) is 0 Å². The minimum atomic E-state index is -0.284. The highest BCUT2D eigenvalue weighted by atomic mass is 16.3. The van der Waals surface area contributed by atoms with E-state index >= 15 is 0 Å². The molecule has 0 bridgehead atoms. The van der Waals surface area contributed by atoms with Gasteiger partial charge in [-0.3, -0.25) is 14.5 Å². The van der Waals surface area contributed by atoms with Crippen LogP contribution < -0.4 is 0 Å². The summed E-state index contributed by atoms with van der Waals surface area (Å²) in [5.74, 6) is 0. The number of likely N-dealkylation sites (tertiary alicyclic amines) is 2. The van der Waals surface area contributed by atoms with Crippen LogP contribution in [0.3, 0.4) is 0 Å². The largest absolute Gasteiger partial charge is 0.390 e. The van der Waals surface area contributed by atoms with Crippen molar-refractivity contribution in [3.8, 4) is 0 Å². The summed E-state index contributed by atoms with van der Waals surface area (Å²) in [5.41, 5.74) is 4.01. The Morgan fingerprint density at radius 2 is 1.86 bits per heavy atom. The summed E-state index contributed by atoms with van der Waals surface area (Å²) in [6.07, 6.45) is 8.47. The molecule has 3 aliphatic rings. The monoisotopic (exact) mass is 380 g/mol. The molecule has 2 fully saturated rings. The number of aryl methyl sites for hydroxylation is 1. The molecule has 1 aromatic carbocycles. The van der Waals surface area contributed by atoms with Crippen molar-refractivity contribution in [2.24, 2.45) is 0 Å². The molecule has 1 spiro atoms. The Morgan fingerprint density at radius 3 is 2.57 bits per heavy atom. The van der Waals surface area contributed by atoms with Gasteiger partial charge < -0.3 is 5.11 Å². The van der Waals surface area contributed by atoms with E-state index in [1.54, 1.807) is 0 Å². The third-order valence-electron chi connectivity index (χ3n) is 7.38. The van der Waals surface area contributed by atoms with Crippen LogP contribution in [0, 0.1) is 0 Å². The molecule has 3 heterocycles. The Bertz CT molecular complexity index is 818. The molecule has 0 radical (unpaired) electrons. The number of aliphatic hydroxyl groups excluding tert-OH is 1. The van der Waals surface area contributed by atoms with E-state index in [4.69, 9.17) is 0 Å². The minimum absolute atomic E-state index is 0.0754. The molecular formula is C23H32N4O. The fraction of sp³-hybridized carbons (Fsp3) is 0.609. The van der Waals surface area contributed by atoms with E-state index in [9.17, 15) is 5.11 Å². The van der Waals surface area contributed by atoms with E-state index < -0.39 is 0 Å². The molecule has 0 saturated carbocycles. The van der Waals surface area contributed by atoms with E-state index in [1.165, 1.54) is 29.5 Å². The third-order valence-corrected chi connectivity index (χ3v) is 7.38. The molecule has 5 rings (SSSR count). The van der Waals surface area contributed by atoms with E-state index in [2.05, 4.69) is 52.3 Å². The molecule has 28 heavy (non-hydrogen) atoms. The fourth-order valence-electron chi connectivity index (χ4n) is 5.85. The molecule has 2 saturated heterocycles. The Balaban J connectivity index is 1.35. The summed E-state index contributed by atoms with van der Waals surface area (Å²) >= 11 is 0. The Hall–Kier alpha value is -1.69. The highest BCUT2D eigenvalue weighted by Crippen LogP contribution is 2.53.